The third kappa shape index (κ3) is 8.82. The van der Waals surface area contributed by atoms with Crippen LogP contribution in [-0.2, 0) is 20.8 Å². The monoisotopic (exact) mass is 603 g/mol. The van der Waals surface area contributed by atoms with Crippen LogP contribution < -0.4 is 9.64 Å². The number of ether oxygens (including phenoxy) is 1. The van der Waals surface area contributed by atoms with Crippen LogP contribution in [0.1, 0.15) is 34.0 Å². The fourth-order valence-electron chi connectivity index (χ4n) is 3.80. The maximum absolute atomic E-state index is 6.76. The van der Waals surface area contributed by atoms with Crippen LogP contribution in [-0.4, -0.2) is 19.2 Å². The zero-order valence-electron chi connectivity index (χ0n) is 20.6. The molecule has 2 radical (unpaired) electrons. The van der Waals surface area contributed by atoms with Gasteiger partial charge in [-0.2, -0.15) is 5.06 Å². The van der Waals surface area contributed by atoms with Gasteiger partial charge in [0.15, 0.2) is 5.69 Å². The molecular formula is C27H29Cl2N3O2Pd. The van der Waals surface area contributed by atoms with Crippen molar-refractivity contribution in [3.8, 4) is 5.75 Å². The molecule has 3 aromatic carbocycles. The molecule has 1 saturated heterocycles. The van der Waals surface area contributed by atoms with E-state index in [1.54, 1.807) is 12.2 Å². The van der Waals surface area contributed by atoms with Gasteiger partial charge in [0.25, 0.3) is 6.73 Å². The van der Waals surface area contributed by atoms with Gasteiger partial charge < -0.3 is 9.64 Å². The van der Waals surface area contributed by atoms with Crippen LogP contribution in [0.5, 0.6) is 5.75 Å². The van der Waals surface area contributed by atoms with Gasteiger partial charge in [-0.05, 0) is 68.7 Å². The van der Waals surface area contributed by atoms with E-state index in [2.05, 4.69) is 49.7 Å². The van der Waals surface area contributed by atoms with Crippen molar-refractivity contribution in [3.63, 3.8) is 0 Å². The number of benzene rings is 3. The van der Waals surface area contributed by atoms with E-state index in [1.807, 2.05) is 62.2 Å². The van der Waals surface area contributed by atoms with Crippen molar-refractivity contribution < 1.29 is 25.5 Å². The summed E-state index contributed by atoms with van der Waals surface area (Å²) in [6, 6.07) is 20.3. The van der Waals surface area contributed by atoms with Crippen LogP contribution in [0.15, 0.2) is 60.7 Å². The molecule has 0 spiro atoms. The molecule has 35 heavy (non-hydrogen) atoms. The molecule has 0 bridgehead atoms. The minimum absolute atomic E-state index is 0.0490. The molecular weight excluding hydrogens is 576 g/mol. The number of aryl methyl sites for hydroxylation is 4. The second-order valence-corrected chi connectivity index (χ2v) is 10.5. The SMILES string of the molecule is COc1ccc(C2N(C)O[C]N2c2cc(C)cc(C)c2)cc1.[C-]#[N+]c1cc(C)cc(C)c1.[Cl][Pd][Cl]. The summed E-state index contributed by atoms with van der Waals surface area (Å²) in [6.45, 7) is 17.9. The zero-order valence-corrected chi connectivity index (χ0v) is 23.6. The molecule has 1 unspecified atom stereocenters. The molecule has 1 fully saturated rings. The molecule has 0 aliphatic carbocycles. The molecule has 0 aromatic heterocycles. The van der Waals surface area contributed by atoms with Gasteiger partial charge in [-0.25, -0.2) is 4.85 Å². The molecule has 0 N–H and O–H groups in total. The predicted octanol–water partition coefficient (Wildman–Crippen LogP) is 7.92. The average Bonchev–Trinajstić information content (AvgIpc) is 3.20. The third-order valence-corrected chi connectivity index (χ3v) is 5.11. The van der Waals surface area contributed by atoms with E-state index in [9.17, 15) is 0 Å². The fraction of sp³-hybridized carbons (Fsp3) is 0.259. The van der Waals surface area contributed by atoms with E-state index in [0.29, 0.717) is 0 Å². The van der Waals surface area contributed by atoms with Crippen LogP contribution in [0.4, 0.5) is 11.4 Å². The first kappa shape index (κ1) is 29.1. The number of hydroxylamine groups is 2. The number of hydrogen-bond donors (Lipinski definition) is 0. The quantitative estimate of drug-likeness (QED) is 0.224. The Bertz CT molecular complexity index is 1100. The second-order valence-electron chi connectivity index (χ2n) is 8.09. The summed E-state index contributed by atoms with van der Waals surface area (Å²) in [7, 11) is 13.2. The predicted molar refractivity (Wildman–Crippen MR) is 140 cm³/mol. The standard InChI is InChI=1S/C18H20N2O2.C9H9N.2ClH.Pd/c1-13-9-14(2)11-16(10-13)20-12-22-19(3)18(20)15-5-7-17(21-4)8-6-15;1-7-4-8(2)6-9(5-7)10-3;;;/h5-11,18H,1-4H3;4-6H,1-2H3;2*1H;/q;;;;+2/p-2. The van der Waals surface area contributed by atoms with Gasteiger partial charge in [0.2, 0.25) is 0 Å². The molecule has 0 saturated carbocycles. The Labute approximate surface area is 225 Å². The van der Waals surface area contributed by atoms with Crippen LogP contribution in [0.25, 0.3) is 4.85 Å². The van der Waals surface area contributed by atoms with Gasteiger partial charge in [-0.1, -0.05) is 47.5 Å². The van der Waals surface area contributed by atoms with Crippen molar-refractivity contribution in [2.24, 2.45) is 0 Å². The number of anilines is 1. The first-order chi connectivity index (χ1) is 16.7. The molecule has 1 aliphatic rings. The summed E-state index contributed by atoms with van der Waals surface area (Å²) in [5.41, 5.74) is 7.68. The zero-order chi connectivity index (χ0) is 26.0. The number of halogens is 2. The first-order valence-corrected chi connectivity index (χ1v) is 14.7. The number of nitrogens with zero attached hydrogens (tertiary/aromatic N) is 3. The molecule has 8 heteroatoms. The average molecular weight is 605 g/mol. The van der Waals surface area contributed by atoms with Gasteiger partial charge in [0, 0.05) is 12.7 Å². The Kier molecular flexibility index (Phi) is 12.0. The summed E-state index contributed by atoms with van der Waals surface area (Å²) in [5, 5.41) is 1.79. The Morgan fingerprint density at radius 2 is 1.40 bits per heavy atom. The van der Waals surface area contributed by atoms with Crippen LogP contribution in [0.3, 0.4) is 0 Å². The van der Waals surface area contributed by atoms with E-state index < -0.39 is 0 Å². The number of methoxy groups -OCH3 is 1. The number of hydrogen-bond acceptors (Lipinski definition) is 4. The van der Waals surface area contributed by atoms with Crippen LogP contribution >= 0.6 is 19.1 Å². The van der Waals surface area contributed by atoms with Crippen molar-refractivity contribution in [1.29, 1.82) is 0 Å². The van der Waals surface area contributed by atoms with E-state index in [4.69, 9.17) is 35.2 Å². The van der Waals surface area contributed by atoms with Gasteiger partial charge >= 0.3 is 35.0 Å². The fourth-order valence-corrected chi connectivity index (χ4v) is 3.80. The molecule has 3 aromatic rings. The van der Waals surface area contributed by atoms with E-state index in [0.717, 1.165) is 33.8 Å². The molecule has 1 aliphatic heterocycles. The minimum atomic E-state index is -0.106. The van der Waals surface area contributed by atoms with Crippen molar-refractivity contribution in [1.82, 2.24) is 5.06 Å². The van der Waals surface area contributed by atoms with E-state index >= 15 is 0 Å². The Balaban J connectivity index is 0.000000277. The normalized spacial score (nSPS) is 14.9. The summed E-state index contributed by atoms with van der Waals surface area (Å²) in [4.78, 5) is 10.9. The van der Waals surface area contributed by atoms with Gasteiger partial charge in [0.05, 0.1) is 13.7 Å². The molecule has 4 rings (SSSR count). The van der Waals surface area contributed by atoms with Gasteiger partial charge in [-0.3, -0.25) is 4.84 Å². The van der Waals surface area contributed by atoms with Crippen LogP contribution in [0, 0.1) is 41.0 Å². The summed E-state index contributed by atoms with van der Waals surface area (Å²) in [6.07, 6.45) is -0.0490. The molecule has 0 amide bonds. The van der Waals surface area contributed by atoms with E-state index in [1.165, 1.54) is 11.1 Å². The van der Waals surface area contributed by atoms with Crippen LogP contribution in [0.2, 0.25) is 0 Å². The molecule has 1 heterocycles. The number of rotatable bonds is 3. The Hall–Kier alpha value is -2.09. The van der Waals surface area contributed by atoms with Gasteiger partial charge in [0.1, 0.15) is 11.9 Å². The Morgan fingerprint density at radius 1 is 0.914 bits per heavy atom. The second kappa shape index (κ2) is 14.5. The molecule has 188 valence electrons. The third-order valence-electron chi connectivity index (χ3n) is 5.11. The Morgan fingerprint density at radius 3 is 1.86 bits per heavy atom. The van der Waals surface area contributed by atoms with Crippen molar-refractivity contribution in [3.05, 3.63) is 107 Å². The maximum atomic E-state index is 6.76. The van der Waals surface area contributed by atoms with Crippen molar-refractivity contribution in [2.75, 3.05) is 19.1 Å². The first-order valence-electron chi connectivity index (χ1n) is 10.7. The summed E-state index contributed by atoms with van der Waals surface area (Å²) < 4.78 is 5.23. The van der Waals surface area contributed by atoms with Crippen molar-refractivity contribution >= 4 is 30.4 Å². The van der Waals surface area contributed by atoms with E-state index in [-0.39, 0.29) is 22.1 Å². The van der Waals surface area contributed by atoms with Crippen molar-refractivity contribution in [2.45, 2.75) is 33.9 Å². The van der Waals surface area contributed by atoms with Gasteiger partial charge in [-0.15, -0.1) is 0 Å². The topological polar surface area (TPSA) is 29.3 Å². The summed E-state index contributed by atoms with van der Waals surface area (Å²) >= 11 is -0.106. The molecule has 5 nitrogen and oxygen atoms in total. The molecule has 1 atom stereocenters. The summed E-state index contributed by atoms with van der Waals surface area (Å²) in [5.74, 6) is 0.844.